The number of nitro benzene ring substituents is 1. The van der Waals surface area contributed by atoms with Crippen molar-refractivity contribution in [2.24, 2.45) is 5.92 Å². The van der Waals surface area contributed by atoms with Gasteiger partial charge in [0.1, 0.15) is 17.5 Å². The minimum atomic E-state index is -1.16. The Morgan fingerprint density at radius 2 is 2.15 bits per heavy atom. The van der Waals surface area contributed by atoms with Crippen molar-refractivity contribution in [1.82, 2.24) is 0 Å². The molecule has 1 atom stereocenters. The van der Waals surface area contributed by atoms with Gasteiger partial charge in [-0.25, -0.2) is 9.18 Å². The highest BCUT2D eigenvalue weighted by atomic mass is 35.5. The van der Waals surface area contributed by atoms with Crippen molar-refractivity contribution < 1.29 is 19.2 Å². The van der Waals surface area contributed by atoms with Crippen molar-refractivity contribution in [3.8, 4) is 0 Å². The fourth-order valence-corrected chi connectivity index (χ4v) is 1.84. The third-order valence-corrected chi connectivity index (χ3v) is 2.86. The summed E-state index contributed by atoms with van der Waals surface area (Å²) in [7, 11) is 0. The monoisotopic (exact) mass is 304 g/mol. The van der Waals surface area contributed by atoms with E-state index >= 15 is 0 Å². The van der Waals surface area contributed by atoms with Gasteiger partial charge in [-0.3, -0.25) is 10.1 Å². The van der Waals surface area contributed by atoms with E-state index in [-0.39, 0.29) is 18.0 Å². The molecule has 0 heterocycles. The molecule has 0 aliphatic heterocycles. The molecular formula is C12H14ClFN2O4. The number of nitrogens with zero attached hydrogens (tertiary/aromatic N) is 1. The Morgan fingerprint density at radius 3 is 2.60 bits per heavy atom. The number of carbonyl (C=O) groups is 1. The van der Waals surface area contributed by atoms with Gasteiger partial charge in [-0.05, 0) is 12.3 Å². The molecule has 0 saturated carbocycles. The number of carboxylic acid groups (broad SMARTS) is 1. The van der Waals surface area contributed by atoms with Gasteiger partial charge in [0.25, 0.3) is 5.69 Å². The standard InChI is InChI=1S/C12H14ClFN2O4/c1-6(2)3-10(12(17)18)15-9-5-8(14)7(13)4-11(9)16(19)20/h4-6,10,15H,3H2,1-2H3,(H,17,18). The molecule has 0 aliphatic carbocycles. The van der Waals surface area contributed by atoms with Crippen LogP contribution in [-0.4, -0.2) is 22.0 Å². The minimum Gasteiger partial charge on any atom is -0.480 e. The van der Waals surface area contributed by atoms with E-state index in [0.29, 0.717) is 0 Å². The summed E-state index contributed by atoms with van der Waals surface area (Å²) >= 11 is 5.49. The SMILES string of the molecule is CC(C)CC(Nc1cc(F)c(Cl)cc1[N+](=O)[O-])C(=O)O. The van der Waals surface area contributed by atoms with Gasteiger partial charge in [-0.15, -0.1) is 0 Å². The van der Waals surface area contributed by atoms with E-state index < -0.39 is 33.5 Å². The fraction of sp³-hybridized carbons (Fsp3) is 0.417. The number of hydrogen-bond acceptors (Lipinski definition) is 4. The van der Waals surface area contributed by atoms with Crippen molar-refractivity contribution in [3.63, 3.8) is 0 Å². The van der Waals surface area contributed by atoms with Gasteiger partial charge in [-0.2, -0.15) is 0 Å². The maximum absolute atomic E-state index is 13.4. The molecule has 1 rings (SSSR count). The van der Waals surface area contributed by atoms with Crippen molar-refractivity contribution >= 4 is 28.9 Å². The van der Waals surface area contributed by atoms with Crippen LogP contribution in [0.4, 0.5) is 15.8 Å². The van der Waals surface area contributed by atoms with Crippen LogP contribution in [0.15, 0.2) is 12.1 Å². The highest BCUT2D eigenvalue weighted by Gasteiger charge is 2.24. The van der Waals surface area contributed by atoms with E-state index in [4.69, 9.17) is 16.7 Å². The lowest BCUT2D eigenvalue weighted by molar-refractivity contribution is -0.384. The first-order valence-corrected chi connectivity index (χ1v) is 6.23. The quantitative estimate of drug-likeness (QED) is 0.621. The number of benzene rings is 1. The lowest BCUT2D eigenvalue weighted by atomic mass is 10.0. The van der Waals surface area contributed by atoms with E-state index in [1.165, 1.54) is 0 Å². The molecule has 1 aromatic rings. The Labute approximate surface area is 119 Å². The van der Waals surface area contributed by atoms with Crippen LogP contribution in [0, 0.1) is 21.8 Å². The maximum atomic E-state index is 13.4. The molecular weight excluding hydrogens is 291 g/mol. The van der Waals surface area contributed by atoms with Crippen LogP contribution in [0.3, 0.4) is 0 Å². The van der Waals surface area contributed by atoms with Crippen molar-refractivity contribution in [2.75, 3.05) is 5.32 Å². The summed E-state index contributed by atoms with van der Waals surface area (Å²) < 4.78 is 13.4. The summed E-state index contributed by atoms with van der Waals surface area (Å²) in [5.41, 5.74) is -0.670. The van der Waals surface area contributed by atoms with E-state index in [9.17, 15) is 19.3 Å². The van der Waals surface area contributed by atoms with Crippen LogP contribution in [0.25, 0.3) is 0 Å². The predicted octanol–water partition coefficient (Wildman–Crippen LogP) is 3.30. The fourth-order valence-electron chi connectivity index (χ4n) is 1.68. The van der Waals surface area contributed by atoms with Gasteiger partial charge in [0, 0.05) is 12.1 Å². The highest BCUT2D eigenvalue weighted by Crippen LogP contribution is 2.31. The first kappa shape index (κ1) is 16.2. The lowest BCUT2D eigenvalue weighted by Crippen LogP contribution is -2.31. The van der Waals surface area contributed by atoms with Crippen molar-refractivity contribution in [1.29, 1.82) is 0 Å². The summed E-state index contributed by atoms with van der Waals surface area (Å²) in [6.45, 7) is 3.63. The molecule has 0 fully saturated rings. The van der Waals surface area contributed by atoms with Gasteiger partial charge in [0.15, 0.2) is 0 Å². The molecule has 0 amide bonds. The lowest BCUT2D eigenvalue weighted by Gasteiger charge is -2.17. The summed E-state index contributed by atoms with van der Waals surface area (Å²) in [4.78, 5) is 21.3. The number of aliphatic carboxylic acids is 1. The van der Waals surface area contributed by atoms with E-state index in [0.717, 1.165) is 12.1 Å². The van der Waals surface area contributed by atoms with Gasteiger partial charge in [0.05, 0.1) is 9.95 Å². The minimum absolute atomic E-state index is 0.0554. The van der Waals surface area contributed by atoms with E-state index in [1.54, 1.807) is 0 Å². The highest BCUT2D eigenvalue weighted by molar-refractivity contribution is 6.31. The topological polar surface area (TPSA) is 92.5 Å². The second-order valence-electron chi connectivity index (χ2n) is 4.71. The third-order valence-electron chi connectivity index (χ3n) is 2.57. The Morgan fingerprint density at radius 1 is 1.55 bits per heavy atom. The number of hydrogen-bond donors (Lipinski definition) is 2. The Hall–Kier alpha value is -1.89. The molecule has 0 radical (unpaired) electrons. The van der Waals surface area contributed by atoms with Crippen LogP contribution in [0.2, 0.25) is 5.02 Å². The molecule has 1 aromatic carbocycles. The largest absolute Gasteiger partial charge is 0.480 e. The van der Waals surface area contributed by atoms with Crippen molar-refractivity contribution in [2.45, 2.75) is 26.3 Å². The smallest absolute Gasteiger partial charge is 0.326 e. The van der Waals surface area contributed by atoms with Crippen LogP contribution in [0.5, 0.6) is 0 Å². The molecule has 1 unspecified atom stereocenters. The average Bonchev–Trinajstić information content (AvgIpc) is 2.31. The molecule has 0 saturated heterocycles. The molecule has 20 heavy (non-hydrogen) atoms. The summed E-state index contributed by atoms with van der Waals surface area (Å²) in [6.07, 6.45) is 0.247. The van der Waals surface area contributed by atoms with Crippen LogP contribution >= 0.6 is 11.6 Å². The normalized spacial score (nSPS) is 12.2. The zero-order valence-electron chi connectivity index (χ0n) is 10.9. The van der Waals surface area contributed by atoms with E-state index in [2.05, 4.69) is 5.32 Å². The predicted molar refractivity (Wildman–Crippen MR) is 72.6 cm³/mol. The number of nitrogens with one attached hydrogen (secondary N) is 1. The van der Waals surface area contributed by atoms with Crippen LogP contribution in [0.1, 0.15) is 20.3 Å². The summed E-state index contributed by atoms with van der Waals surface area (Å²) in [5.74, 6) is -1.96. The first-order chi connectivity index (χ1) is 9.22. The number of halogens is 2. The summed E-state index contributed by atoms with van der Waals surface area (Å²) in [6, 6.07) is 0.638. The maximum Gasteiger partial charge on any atom is 0.326 e. The van der Waals surface area contributed by atoms with Gasteiger partial charge < -0.3 is 10.4 Å². The third kappa shape index (κ3) is 4.06. The number of carboxylic acids is 1. The number of nitro groups is 1. The number of rotatable bonds is 6. The Bertz CT molecular complexity index is 536. The zero-order valence-corrected chi connectivity index (χ0v) is 11.6. The Kier molecular flexibility index (Phi) is 5.26. The van der Waals surface area contributed by atoms with Gasteiger partial charge >= 0.3 is 5.97 Å². The first-order valence-electron chi connectivity index (χ1n) is 5.85. The Balaban J connectivity index is 3.14. The molecule has 2 N–H and O–H groups in total. The second-order valence-corrected chi connectivity index (χ2v) is 5.11. The zero-order chi connectivity index (χ0) is 15.4. The van der Waals surface area contributed by atoms with E-state index in [1.807, 2.05) is 13.8 Å². The second kappa shape index (κ2) is 6.51. The molecule has 6 nitrogen and oxygen atoms in total. The molecule has 8 heteroatoms. The molecule has 0 bridgehead atoms. The van der Waals surface area contributed by atoms with Crippen LogP contribution in [-0.2, 0) is 4.79 Å². The van der Waals surface area contributed by atoms with Gasteiger partial charge in [-0.1, -0.05) is 25.4 Å². The van der Waals surface area contributed by atoms with Gasteiger partial charge in [0.2, 0.25) is 0 Å². The number of anilines is 1. The molecule has 110 valence electrons. The molecule has 0 spiro atoms. The van der Waals surface area contributed by atoms with Crippen LogP contribution < -0.4 is 5.32 Å². The van der Waals surface area contributed by atoms with Crippen molar-refractivity contribution in [3.05, 3.63) is 33.1 Å². The molecule has 0 aliphatic rings. The summed E-state index contributed by atoms with van der Waals surface area (Å²) in [5, 5.41) is 22.1. The average molecular weight is 305 g/mol. The molecule has 0 aromatic heterocycles.